The van der Waals surface area contributed by atoms with Crippen molar-refractivity contribution < 1.29 is 4.79 Å². The minimum atomic E-state index is -0.226. The number of nitrogens with zero attached hydrogens (tertiary/aromatic N) is 2. The Morgan fingerprint density at radius 1 is 1.50 bits per heavy atom. The van der Waals surface area contributed by atoms with Gasteiger partial charge in [0.05, 0.1) is 0 Å². The number of carbonyl (C=O) groups excluding carboxylic acids is 1. The van der Waals surface area contributed by atoms with Gasteiger partial charge in [-0.15, -0.1) is 0 Å². The quantitative estimate of drug-likeness (QED) is 0.933. The molecule has 4 nitrogen and oxygen atoms in total. The molecule has 0 bridgehead atoms. The average Bonchev–Trinajstić information content (AvgIpc) is 2.86. The van der Waals surface area contributed by atoms with Gasteiger partial charge < -0.3 is 10.2 Å². The van der Waals surface area contributed by atoms with Crippen LogP contribution in [0.3, 0.4) is 0 Å². The van der Waals surface area contributed by atoms with Gasteiger partial charge in [0.1, 0.15) is 11.9 Å². The molecule has 5 heteroatoms. The first-order chi connectivity index (χ1) is 8.58. The lowest BCUT2D eigenvalue weighted by Crippen LogP contribution is -2.39. The van der Waals surface area contributed by atoms with Crippen molar-refractivity contribution in [1.82, 2.24) is 9.88 Å². The van der Waals surface area contributed by atoms with Gasteiger partial charge in [0, 0.05) is 23.8 Å². The molecule has 1 aliphatic heterocycles. The number of carbonyl (C=O) groups is 1. The molecule has 1 fully saturated rings. The highest BCUT2D eigenvalue weighted by Gasteiger charge is 2.23. The van der Waals surface area contributed by atoms with Crippen LogP contribution in [0.25, 0.3) is 0 Å². The first-order valence-electron chi connectivity index (χ1n) is 6.25. The smallest absolute Gasteiger partial charge is 0.244 e. The first kappa shape index (κ1) is 13.3. The summed E-state index contributed by atoms with van der Waals surface area (Å²) < 4.78 is 0.978. The normalized spacial score (nSPS) is 16.7. The van der Waals surface area contributed by atoms with Crippen molar-refractivity contribution >= 4 is 27.7 Å². The third-order valence-electron chi connectivity index (χ3n) is 3.20. The molecule has 1 N–H and O–H groups in total. The fraction of sp³-hybridized carbons (Fsp3) is 0.538. The third-order valence-corrected chi connectivity index (χ3v) is 4.03. The maximum atomic E-state index is 12.1. The number of aryl methyl sites for hydroxylation is 1. The Hall–Kier alpha value is -1.10. The molecule has 1 saturated heterocycles. The SMILES string of the molecule is Cc1cc(NC(C)C(=O)N2CCCC2)ncc1Br. The average molecular weight is 312 g/mol. The molecule has 0 saturated carbocycles. The Balaban J connectivity index is 1.99. The van der Waals surface area contributed by atoms with Crippen LogP contribution in [-0.2, 0) is 4.79 Å². The highest BCUT2D eigenvalue weighted by Crippen LogP contribution is 2.18. The fourth-order valence-electron chi connectivity index (χ4n) is 2.11. The Kier molecular flexibility index (Phi) is 4.22. The summed E-state index contributed by atoms with van der Waals surface area (Å²) in [5, 5.41) is 3.16. The molecule has 1 atom stereocenters. The van der Waals surface area contributed by atoms with Gasteiger partial charge in [-0.1, -0.05) is 0 Å². The minimum absolute atomic E-state index is 0.162. The van der Waals surface area contributed by atoms with Crippen molar-refractivity contribution in [2.45, 2.75) is 32.7 Å². The zero-order chi connectivity index (χ0) is 13.1. The van der Waals surface area contributed by atoms with Crippen LogP contribution in [0.2, 0.25) is 0 Å². The molecule has 18 heavy (non-hydrogen) atoms. The third kappa shape index (κ3) is 3.02. The lowest BCUT2D eigenvalue weighted by Gasteiger charge is -2.21. The first-order valence-corrected chi connectivity index (χ1v) is 7.04. The summed E-state index contributed by atoms with van der Waals surface area (Å²) in [4.78, 5) is 18.3. The number of likely N-dealkylation sites (tertiary alicyclic amines) is 1. The largest absolute Gasteiger partial charge is 0.359 e. The number of pyridine rings is 1. The summed E-state index contributed by atoms with van der Waals surface area (Å²) in [6.07, 6.45) is 3.99. The van der Waals surface area contributed by atoms with Gasteiger partial charge >= 0.3 is 0 Å². The summed E-state index contributed by atoms with van der Waals surface area (Å²) in [5.41, 5.74) is 1.10. The summed E-state index contributed by atoms with van der Waals surface area (Å²) in [7, 11) is 0. The van der Waals surface area contributed by atoms with E-state index in [1.54, 1.807) is 6.20 Å². The summed E-state index contributed by atoms with van der Waals surface area (Å²) >= 11 is 3.41. The highest BCUT2D eigenvalue weighted by molar-refractivity contribution is 9.10. The van der Waals surface area contributed by atoms with Crippen molar-refractivity contribution in [3.05, 3.63) is 22.3 Å². The molecule has 0 radical (unpaired) electrons. The molecule has 2 rings (SSSR count). The van der Waals surface area contributed by atoms with Crippen LogP contribution < -0.4 is 5.32 Å². The molecule has 0 spiro atoms. The van der Waals surface area contributed by atoms with Crippen LogP contribution in [-0.4, -0.2) is 34.9 Å². The number of amides is 1. The molecule has 1 aliphatic rings. The Labute approximate surface area is 116 Å². The molecule has 2 heterocycles. The summed E-state index contributed by atoms with van der Waals surface area (Å²) in [6, 6.07) is 1.72. The molecule has 1 amide bonds. The van der Waals surface area contributed by atoms with Crippen molar-refractivity contribution in [2.75, 3.05) is 18.4 Å². The lowest BCUT2D eigenvalue weighted by atomic mass is 10.2. The molecule has 0 aliphatic carbocycles. The van der Waals surface area contributed by atoms with E-state index in [4.69, 9.17) is 0 Å². The van der Waals surface area contributed by atoms with Crippen LogP contribution >= 0.6 is 15.9 Å². The number of hydrogen-bond acceptors (Lipinski definition) is 3. The van der Waals surface area contributed by atoms with Crippen molar-refractivity contribution in [3.63, 3.8) is 0 Å². The highest BCUT2D eigenvalue weighted by atomic mass is 79.9. The van der Waals surface area contributed by atoms with E-state index in [0.29, 0.717) is 0 Å². The van der Waals surface area contributed by atoms with Gasteiger partial charge in [-0.25, -0.2) is 4.98 Å². The van der Waals surface area contributed by atoms with Crippen molar-refractivity contribution in [1.29, 1.82) is 0 Å². The van der Waals surface area contributed by atoms with Crippen LogP contribution in [0.1, 0.15) is 25.3 Å². The molecule has 0 aromatic carbocycles. The van der Waals surface area contributed by atoms with E-state index in [-0.39, 0.29) is 11.9 Å². The molecular weight excluding hydrogens is 294 g/mol. The zero-order valence-corrected chi connectivity index (χ0v) is 12.3. The molecule has 1 aromatic rings. The second-order valence-corrected chi connectivity index (χ2v) is 5.57. The predicted molar refractivity (Wildman–Crippen MR) is 75.6 cm³/mol. The van der Waals surface area contributed by atoms with E-state index in [0.717, 1.165) is 41.8 Å². The van der Waals surface area contributed by atoms with E-state index >= 15 is 0 Å². The van der Waals surface area contributed by atoms with Crippen molar-refractivity contribution in [3.8, 4) is 0 Å². The zero-order valence-electron chi connectivity index (χ0n) is 10.7. The van der Waals surface area contributed by atoms with Crippen LogP contribution in [0.15, 0.2) is 16.7 Å². The van der Waals surface area contributed by atoms with Gasteiger partial charge in [-0.3, -0.25) is 4.79 Å². The topological polar surface area (TPSA) is 45.2 Å². The standard InChI is InChI=1S/C13H18BrN3O/c1-9-7-12(15-8-11(9)14)16-10(2)13(18)17-5-3-4-6-17/h7-8,10H,3-6H2,1-2H3,(H,15,16). The number of rotatable bonds is 3. The van der Waals surface area contributed by atoms with E-state index in [2.05, 4.69) is 26.2 Å². The number of halogens is 1. The number of nitrogens with one attached hydrogen (secondary N) is 1. The Bertz CT molecular complexity index is 444. The van der Waals surface area contributed by atoms with E-state index < -0.39 is 0 Å². The van der Waals surface area contributed by atoms with Crippen LogP contribution in [0, 0.1) is 6.92 Å². The van der Waals surface area contributed by atoms with E-state index in [9.17, 15) is 4.79 Å². The van der Waals surface area contributed by atoms with Crippen LogP contribution in [0.5, 0.6) is 0 Å². The minimum Gasteiger partial charge on any atom is -0.359 e. The summed E-state index contributed by atoms with van der Waals surface area (Å²) in [6.45, 7) is 5.67. The van der Waals surface area contributed by atoms with Gasteiger partial charge in [0.2, 0.25) is 5.91 Å². The van der Waals surface area contributed by atoms with Crippen molar-refractivity contribution in [2.24, 2.45) is 0 Å². The van der Waals surface area contributed by atoms with Gasteiger partial charge in [-0.2, -0.15) is 0 Å². The second kappa shape index (κ2) is 5.69. The van der Waals surface area contributed by atoms with E-state index in [1.165, 1.54) is 0 Å². The monoisotopic (exact) mass is 311 g/mol. The molecule has 98 valence electrons. The Morgan fingerprint density at radius 3 is 2.78 bits per heavy atom. The number of anilines is 1. The maximum Gasteiger partial charge on any atom is 0.244 e. The number of hydrogen-bond donors (Lipinski definition) is 1. The van der Waals surface area contributed by atoms with Gasteiger partial charge in [0.15, 0.2) is 0 Å². The maximum absolute atomic E-state index is 12.1. The Morgan fingerprint density at radius 2 is 2.17 bits per heavy atom. The second-order valence-electron chi connectivity index (χ2n) is 4.72. The number of aromatic nitrogens is 1. The van der Waals surface area contributed by atoms with Gasteiger partial charge in [-0.05, 0) is 54.2 Å². The molecule has 1 aromatic heterocycles. The summed E-state index contributed by atoms with van der Waals surface area (Å²) in [5.74, 6) is 0.908. The van der Waals surface area contributed by atoms with Crippen LogP contribution in [0.4, 0.5) is 5.82 Å². The fourth-order valence-corrected chi connectivity index (χ4v) is 2.33. The lowest BCUT2D eigenvalue weighted by molar-refractivity contribution is -0.130. The molecule has 1 unspecified atom stereocenters. The van der Waals surface area contributed by atoms with E-state index in [1.807, 2.05) is 24.8 Å². The van der Waals surface area contributed by atoms with Gasteiger partial charge in [0.25, 0.3) is 0 Å². The molecular formula is C13H18BrN3O. The predicted octanol–water partition coefficient (Wildman–Crippen LogP) is 2.58.